The highest BCUT2D eigenvalue weighted by molar-refractivity contribution is 8.27. The number of amides is 2. The molecule has 1 saturated heterocycles. The highest BCUT2D eigenvalue weighted by Crippen LogP contribution is 2.37. The lowest BCUT2D eigenvalue weighted by atomic mass is 10.2. The number of primary amides is 1. The van der Waals surface area contributed by atoms with Gasteiger partial charge in [-0.2, -0.15) is 0 Å². The molecule has 0 aromatic heterocycles. The van der Waals surface area contributed by atoms with Crippen molar-refractivity contribution < 1.29 is 14.3 Å². The van der Waals surface area contributed by atoms with Gasteiger partial charge in [0, 0.05) is 25.3 Å². The fraction of sp³-hybridized carbons (Fsp3) is 0.150. The van der Waals surface area contributed by atoms with Crippen LogP contribution in [0.2, 0.25) is 0 Å². The topological polar surface area (TPSA) is 75.9 Å². The number of hydrogen-bond donors (Lipinski definition) is 1. The molecule has 0 bridgehead atoms. The zero-order valence-electron chi connectivity index (χ0n) is 15.4. The first-order valence-corrected chi connectivity index (χ1v) is 9.65. The van der Waals surface area contributed by atoms with Crippen LogP contribution in [0.5, 0.6) is 5.75 Å². The van der Waals surface area contributed by atoms with Crippen molar-refractivity contribution in [1.82, 2.24) is 0 Å². The number of benzene rings is 2. The van der Waals surface area contributed by atoms with Crippen LogP contribution in [0.25, 0.3) is 6.08 Å². The molecule has 1 fully saturated rings. The highest BCUT2D eigenvalue weighted by atomic mass is 32.2. The summed E-state index contributed by atoms with van der Waals surface area (Å²) in [5.41, 5.74) is 7.57. The van der Waals surface area contributed by atoms with Crippen molar-refractivity contribution in [1.29, 1.82) is 0 Å². The summed E-state index contributed by atoms with van der Waals surface area (Å²) in [7, 11) is 3.91. The number of nitrogens with zero attached hydrogens (tertiary/aromatic N) is 2. The van der Waals surface area contributed by atoms with Gasteiger partial charge in [0.05, 0.1) is 10.6 Å². The minimum atomic E-state index is -0.567. The van der Waals surface area contributed by atoms with Crippen molar-refractivity contribution in [3.63, 3.8) is 0 Å². The molecule has 8 heteroatoms. The van der Waals surface area contributed by atoms with Gasteiger partial charge in [-0.15, -0.1) is 0 Å². The van der Waals surface area contributed by atoms with E-state index in [-0.39, 0.29) is 12.5 Å². The van der Waals surface area contributed by atoms with Gasteiger partial charge < -0.3 is 15.4 Å². The molecule has 0 spiro atoms. The second-order valence-electron chi connectivity index (χ2n) is 6.22. The van der Waals surface area contributed by atoms with Gasteiger partial charge in [-0.3, -0.25) is 14.5 Å². The van der Waals surface area contributed by atoms with E-state index in [0.29, 0.717) is 20.5 Å². The van der Waals surface area contributed by atoms with Crippen LogP contribution in [0.3, 0.4) is 0 Å². The summed E-state index contributed by atoms with van der Waals surface area (Å²) in [6.07, 6.45) is 1.71. The number of nitrogens with two attached hydrogens (primary N) is 1. The molecule has 2 aromatic carbocycles. The molecule has 1 aliphatic heterocycles. The van der Waals surface area contributed by atoms with Crippen LogP contribution < -0.4 is 20.3 Å². The molecule has 0 radical (unpaired) electrons. The van der Waals surface area contributed by atoms with Crippen LogP contribution in [0.4, 0.5) is 11.4 Å². The fourth-order valence-electron chi connectivity index (χ4n) is 2.61. The molecule has 28 heavy (non-hydrogen) atoms. The highest BCUT2D eigenvalue weighted by Gasteiger charge is 2.33. The number of hydrogen-bond acceptors (Lipinski definition) is 6. The van der Waals surface area contributed by atoms with Crippen molar-refractivity contribution in [2.45, 2.75) is 0 Å². The minimum absolute atomic E-state index is 0.197. The van der Waals surface area contributed by atoms with E-state index in [1.54, 1.807) is 24.3 Å². The average molecular weight is 414 g/mol. The van der Waals surface area contributed by atoms with Crippen molar-refractivity contribution in [3.8, 4) is 5.75 Å². The van der Waals surface area contributed by atoms with Crippen molar-refractivity contribution in [2.24, 2.45) is 5.73 Å². The Morgan fingerprint density at radius 2 is 1.89 bits per heavy atom. The van der Waals surface area contributed by atoms with Crippen molar-refractivity contribution in [2.75, 3.05) is 30.5 Å². The van der Waals surface area contributed by atoms with Gasteiger partial charge >= 0.3 is 0 Å². The summed E-state index contributed by atoms with van der Waals surface area (Å²) < 4.78 is 5.89. The molecule has 2 aromatic rings. The van der Waals surface area contributed by atoms with Crippen LogP contribution >= 0.6 is 24.0 Å². The van der Waals surface area contributed by atoms with Crippen LogP contribution in [0, 0.1) is 0 Å². The van der Waals surface area contributed by atoms with Gasteiger partial charge in [0.1, 0.15) is 5.75 Å². The van der Waals surface area contributed by atoms with E-state index in [9.17, 15) is 9.59 Å². The van der Waals surface area contributed by atoms with Crippen molar-refractivity contribution >= 4 is 57.6 Å². The first kappa shape index (κ1) is 19.9. The predicted molar refractivity (Wildman–Crippen MR) is 118 cm³/mol. The van der Waals surface area contributed by atoms with Crippen LogP contribution in [0.1, 0.15) is 5.56 Å². The normalized spacial score (nSPS) is 15.2. The Kier molecular flexibility index (Phi) is 6.01. The summed E-state index contributed by atoms with van der Waals surface area (Å²) in [5.74, 6) is -0.290. The average Bonchev–Trinajstić information content (AvgIpc) is 2.94. The molecule has 0 atom stereocenters. The predicted octanol–water partition coefficient (Wildman–Crippen LogP) is 3.02. The first-order valence-electron chi connectivity index (χ1n) is 8.42. The van der Waals surface area contributed by atoms with Gasteiger partial charge in [-0.1, -0.05) is 42.2 Å². The third kappa shape index (κ3) is 4.35. The Morgan fingerprint density at radius 3 is 2.54 bits per heavy atom. The largest absolute Gasteiger partial charge is 0.483 e. The maximum Gasteiger partial charge on any atom is 0.270 e. The van der Waals surface area contributed by atoms with E-state index < -0.39 is 5.91 Å². The molecule has 0 saturated carbocycles. The van der Waals surface area contributed by atoms with E-state index in [1.165, 1.54) is 16.7 Å². The van der Waals surface area contributed by atoms with Crippen LogP contribution in [-0.2, 0) is 9.59 Å². The first-order chi connectivity index (χ1) is 13.4. The van der Waals surface area contributed by atoms with Gasteiger partial charge in [0.25, 0.3) is 11.8 Å². The van der Waals surface area contributed by atoms with E-state index in [0.717, 1.165) is 11.4 Å². The third-order valence-electron chi connectivity index (χ3n) is 3.99. The third-order valence-corrected chi connectivity index (χ3v) is 5.30. The molecule has 1 heterocycles. The number of carbonyl (C=O) groups excluding carboxylic acids is 2. The molecule has 2 N–H and O–H groups in total. The minimum Gasteiger partial charge on any atom is -0.483 e. The van der Waals surface area contributed by atoms with Gasteiger partial charge in [-0.05, 0) is 36.4 Å². The Morgan fingerprint density at radius 1 is 1.21 bits per heavy atom. The van der Waals surface area contributed by atoms with Crippen molar-refractivity contribution in [3.05, 3.63) is 59.0 Å². The molecule has 0 unspecified atom stereocenters. The summed E-state index contributed by atoms with van der Waals surface area (Å²) >= 11 is 6.65. The molecular formula is C20H19N3O3S2. The summed E-state index contributed by atoms with van der Waals surface area (Å²) in [4.78, 5) is 27.9. The quantitative estimate of drug-likeness (QED) is 0.580. The Bertz CT molecular complexity index is 955. The van der Waals surface area contributed by atoms with Gasteiger partial charge in [0.2, 0.25) is 0 Å². The summed E-state index contributed by atoms with van der Waals surface area (Å²) in [6, 6.07) is 14.7. The fourth-order valence-corrected chi connectivity index (χ4v) is 3.90. The molecule has 0 aliphatic carbocycles. The van der Waals surface area contributed by atoms with E-state index in [2.05, 4.69) is 0 Å². The van der Waals surface area contributed by atoms with Gasteiger partial charge in [0.15, 0.2) is 10.9 Å². The van der Waals surface area contributed by atoms with E-state index >= 15 is 0 Å². The lowest BCUT2D eigenvalue weighted by Crippen LogP contribution is -2.27. The number of carbonyl (C=O) groups is 2. The zero-order chi connectivity index (χ0) is 20.3. The number of rotatable bonds is 6. The number of thioether (sulfide) groups is 1. The summed E-state index contributed by atoms with van der Waals surface area (Å²) in [5, 5.41) is 0. The van der Waals surface area contributed by atoms with E-state index in [4.69, 9.17) is 22.7 Å². The maximum atomic E-state index is 12.9. The lowest BCUT2D eigenvalue weighted by Gasteiger charge is -2.17. The Balaban J connectivity index is 1.86. The standard InChI is InChI=1S/C20H19N3O3S2/c1-22(2)14-7-9-15(10-8-14)23-19(25)17(28-20(23)27)11-13-5-3-4-6-16(13)26-12-18(21)24/h3-11H,12H2,1-2H3,(H2,21,24). The van der Waals surface area contributed by atoms with Gasteiger partial charge in [-0.25, -0.2) is 0 Å². The molecular weight excluding hydrogens is 394 g/mol. The number of anilines is 2. The van der Waals surface area contributed by atoms with Crippen LogP contribution in [-0.4, -0.2) is 36.8 Å². The second-order valence-corrected chi connectivity index (χ2v) is 7.90. The smallest absolute Gasteiger partial charge is 0.270 e. The Hall–Kier alpha value is -2.84. The molecule has 1 aliphatic rings. The maximum absolute atomic E-state index is 12.9. The number of ether oxygens (including phenoxy) is 1. The molecule has 6 nitrogen and oxygen atoms in total. The number of thiocarbonyl (C=S) groups is 1. The number of para-hydroxylation sites is 1. The monoisotopic (exact) mass is 413 g/mol. The molecule has 3 rings (SSSR count). The Labute approximate surface area is 172 Å². The molecule has 2 amide bonds. The summed E-state index contributed by atoms with van der Waals surface area (Å²) in [6.45, 7) is -0.232. The molecule has 144 valence electrons. The zero-order valence-corrected chi connectivity index (χ0v) is 17.0. The lowest BCUT2D eigenvalue weighted by molar-refractivity contribution is -0.120. The van der Waals surface area contributed by atoms with Crippen LogP contribution in [0.15, 0.2) is 53.4 Å². The SMILES string of the molecule is CN(C)c1ccc(N2C(=O)C(=Cc3ccccc3OCC(N)=O)SC2=S)cc1. The van der Waals surface area contributed by atoms with E-state index in [1.807, 2.05) is 49.3 Å². The second kappa shape index (κ2) is 8.45.